The molecule has 11 heteroatoms. The van der Waals surface area contributed by atoms with Gasteiger partial charge in [0.15, 0.2) is 4.80 Å². The minimum atomic E-state index is -0.729. The summed E-state index contributed by atoms with van der Waals surface area (Å²) in [6.07, 6.45) is 1.73. The number of esters is 1. The molecule has 1 aromatic heterocycles. The van der Waals surface area contributed by atoms with Gasteiger partial charge in [-0.05, 0) is 103 Å². The lowest BCUT2D eigenvalue weighted by Crippen LogP contribution is -2.39. The number of phenolic OH excluding ortho intramolecular Hbond substituents is 1. The van der Waals surface area contributed by atoms with Crippen molar-refractivity contribution in [1.29, 1.82) is 0 Å². The zero-order chi connectivity index (χ0) is 25.4. The Morgan fingerprint density at radius 1 is 1.20 bits per heavy atom. The molecule has 0 spiro atoms. The molecule has 0 fully saturated rings. The van der Waals surface area contributed by atoms with Crippen molar-refractivity contribution in [3.05, 3.63) is 85.8 Å². The second kappa shape index (κ2) is 10.4. The lowest BCUT2D eigenvalue weighted by molar-refractivity contribution is -0.139. The van der Waals surface area contributed by atoms with Crippen LogP contribution in [0.25, 0.3) is 6.08 Å². The van der Waals surface area contributed by atoms with Crippen LogP contribution in [0.15, 0.2) is 64.8 Å². The number of fused-ring (bicyclic) bond motifs is 1. The third-order valence-corrected chi connectivity index (χ3v) is 8.16. The molecule has 0 saturated heterocycles. The fraction of sp³-hybridized carbons (Fsp3) is 0.208. The third-order valence-electron chi connectivity index (χ3n) is 5.35. The maximum Gasteiger partial charge on any atom is 0.338 e. The van der Waals surface area contributed by atoms with Crippen molar-refractivity contribution in [3.8, 4) is 11.5 Å². The maximum absolute atomic E-state index is 13.7. The van der Waals surface area contributed by atoms with Crippen LogP contribution in [0.1, 0.15) is 31.0 Å². The average molecular weight is 687 g/mol. The van der Waals surface area contributed by atoms with Gasteiger partial charge in [0.2, 0.25) is 0 Å². The van der Waals surface area contributed by atoms with Crippen LogP contribution in [0.4, 0.5) is 0 Å². The van der Waals surface area contributed by atoms with Crippen molar-refractivity contribution in [1.82, 2.24) is 4.57 Å². The number of rotatable bonds is 5. The highest BCUT2D eigenvalue weighted by Gasteiger charge is 2.33. The molecule has 1 aliphatic heterocycles. The van der Waals surface area contributed by atoms with Crippen LogP contribution in [-0.2, 0) is 9.53 Å². The van der Waals surface area contributed by atoms with Gasteiger partial charge in [-0.2, -0.15) is 0 Å². The zero-order valence-electron chi connectivity index (χ0n) is 18.8. The van der Waals surface area contributed by atoms with E-state index in [0.29, 0.717) is 50.9 Å². The number of carbonyl (C=O) groups is 1. The number of benzene rings is 2. The van der Waals surface area contributed by atoms with Crippen LogP contribution in [0.2, 0.25) is 0 Å². The first-order chi connectivity index (χ1) is 16.7. The summed E-state index contributed by atoms with van der Waals surface area (Å²) in [6.45, 7) is 3.67. The van der Waals surface area contributed by atoms with Crippen LogP contribution in [-0.4, -0.2) is 29.4 Å². The highest BCUT2D eigenvalue weighted by atomic mass is 79.9. The van der Waals surface area contributed by atoms with Crippen molar-refractivity contribution < 1.29 is 19.4 Å². The Hall–Kier alpha value is -2.21. The quantitative estimate of drug-likeness (QED) is 0.390. The summed E-state index contributed by atoms with van der Waals surface area (Å²) in [7, 11) is 1.57. The number of allylic oxidation sites excluding steroid dienone is 1. The summed E-state index contributed by atoms with van der Waals surface area (Å²) >= 11 is 11.4. The van der Waals surface area contributed by atoms with E-state index >= 15 is 0 Å². The molecule has 1 N–H and O–H groups in total. The molecule has 2 aromatic carbocycles. The number of nitrogens with zero attached hydrogens (tertiary/aromatic N) is 2. The van der Waals surface area contributed by atoms with E-state index in [2.05, 4.69) is 52.8 Å². The van der Waals surface area contributed by atoms with Crippen molar-refractivity contribution in [2.24, 2.45) is 4.99 Å². The van der Waals surface area contributed by atoms with Gasteiger partial charge in [0.25, 0.3) is 5.56 Å². The molecule has 0 radical (unpaired) electrons. The highest BCUT2D eigenvalue weighted by Crippen LogP contribution is 2.35. The normalized spacial score (nSPS) is 15.6. The number of ether oxygens (including phenoxy) is 2. The van der Waals surface area contributed by atoms with Crippen LogP contribution in [0.5, 0.6) is 11.5 Å². The molecule has 0 unspecified atom stereocenters. The van der Waals surface area contributed by atoms with Gasteiger partial charge in [0, 0.05) is 0 Å². The van der Waals surface area contributed by atoms with Crippen molar-refractivity contribution in [3.63, 3.8) is 0 Å². The van der Waals surface area contributed by atoms with Gasteiger partial charge in [-0.3, -0.25) is 9.36 Å². The maximum atomic E-state index is 13.7. The number of phenols is 1. The molecule has 3 aromatic rings. The van der Waals surface area contributed by atoms with E-state index in [-0.39, 0.29) is 17.9 Å². The molecule has 0 aliphatic carbocycles. The number of thiazole rings is 1. The topological polar surface area (TPSA) is 90.1 Å². The highest BCUT2D eigenvalue weighted by molar-refractivity contribution is 9.11. The second-order valence-corrected chi connectivity index (χ2v) is 11.1. The molecule has 182 valence electrons. The molecular formula is C24H19Br3N2O5S. The predicted molar refractivity (Wildman–Crippen MR) is 145 cm³/mol. The molecule has 4 rings (SSSR count). The predicted octanol–water partition coefficient (Wildman–Crippen LogP) is 4.80. The first kappa shape index (κ1) is 25.9. The van der Waals surface area contributed by atoms with Crippen LogP contribution < -0.4 is 19.6 Å². The van der Waals surface area contributed by atoms with E-state index in [9.17, 15) is 14.7 Å². The van der Waals surface area contributed by atoms with Crippen LogP contribution in [0, 0.1) is 0 Å². The van der Waals surface area contributed by atoms with Gasteiger partial charge in [0.05, 0.1) is 49.0 Å². The van der Waals surface area contributed by atoms with Gasteiger partial charge in [-0.15, -0.1) is 0 Å². The van der Waals surface area contributed by atoms with Crippen molar-refractivity contribution in [2.45, 2.75) is 19.9 Å². The van der Waals surface area contributed by atoms with Crippen LogP contribution >= 0.6 is 59.1 Å². The summed E-state index contributed by atoms with van der Waals surface area (Å²) in [5, 5.41) is 10.0. The second-order valence-electron chi connectivity index (χ2n) is 7.53. The Kier molecular flexibility index (Phi) is 7.70. The van der Waals surface area contributed by atoms with Crippen LogP contribution in [0.3, 0.4) is 0 Å². The SMILES string of the molecule is CCOC(=O)C1=C(C)N=c2s/c(=C/c3cc(Br)c(O)c(Br)c3)c(=O)n2[C@@H]1c1ccc(OC)c(Br)c1. The van der Waals surface area contributed by atoms with Gasteiger partial charge >= 0.3 is 5.97 Å². The number of hydrogen-bond donors (Lipinski definition) is 1. The molecule has 2 heterocycles. The Morgan fingerprint density at radius 3 is 2.49 bits per heavy atom. The lowest BCUT2D eigenvalue weighted by atomic mass is 9.96. The molecule has 1 atom stereocenters. The minimum absolute atomic E-state index is 0.0726. The van der Waals surface area contributed by atoms with E-state index in [0.717, 1.165) is 0 Å². The van der Waals surface area contributed by atoms with Crippen molar-refractivity contribution in [2.75, 3.05) is 13.7 Å². The standard InChI is InChI=1S/C24H19Br3N2O5S/c1-4-34-23(32)19-11(2)28-24-29(20(19)13-5-6-17(33-3)14(25)10-13)22(31)18(35-24)9-12-7-15(26)21(30)16(27)8-12/h5-10,20,30H,4H2,1-3H3/b18-9+/t20-/m1/s1. The molecule has 0 bridgehead atoms. The third kappa shape index (κ3) is 4.91. The summed E-state index contributed by atoms with van der Waals surface area (Å²) in [4.78, 5) is 31.7. The Labute approximate surface area is 229 Å². The molecule has 1 aliphatic rings. The zero-order valence-corrected chi connectivity index (χ0v) is 24.3. The molecular weight excluding hydrogens is 668 g/mol. The minimum Gasteiger partial charge on any atom is -0.506 e. The van der Waals surface area contributed by atoms with Gasteiger partial charge in [-0.25, -0.2) is 9.79 Å². The fourth-order valence-corrected chi connectivity index (χ4v) is 6.61. The first-order valence-electron chi connectivity index (χ1n) is 10.4. The summed E-state index contributed by atoms with van der Waals surface area (Å²) in [5.74, 6) is 0.179. The van der Waals surface area contributed by atoms with E-state index in [1.807, 2.05) is 12.1 Å². The monoisotopic (exact) mass is 684 g/mol. The summed E-state index contributed by atoms with van der Waals surface area (Å²) < 4.78 is 14.3. The van der Waals surface area contributed by atoms with Gasteiger partial charge < -0.3 is 14.6 Å². The van der Waals surface area contributed by atoms with Crippen molar-refractivity contribution >= 4 is 71.2 Å². The molecule has 7 nitrogen and oxygen atoms in total. The number of aromatic hydroxyl groups is 1. The summed E-state index contributed by atoms with van der Waals surface area (Å²) in [5.41, 5.74) is 1.91. The smallest absolute Gasteiger partial charge is 0.338 e. The molecule has 0 amide bonds. The number of methoxy groups -OCH3 is 1. The van der Waals surface area contributed by atoms with Gasteiger partial charge in [0.1, 0.15) is 11.5 Å². The van der Waals surface area contributed by atoms with E-state index in [4.69, 9.17) is 9.47 Å². The Bertz CT molecular complexity index is 1540. The Morgan fingerprint density at radius 2 is 1.89 bits per heavy atom. The summed E-state index contributed by atoms with van der Waals surface area (Å²) in [6, 6.07) is 8.12. The fourth-order valence-electron chi connectivity index (χ4n) is 3.78. The lowest BCUT2D eigenvalue weighted by Gasteiger charge is -2.25. The van der Waals surface area contributed by atoms with E-state index in [1.54, 1.807) is 45.2 Å². The van der Waals surface area contributed by atoms with E-state index in [1.165, 1.54) is 15.9 Å². The molecule has 35 heavy (non-hydrogen) atoms. The average Bonchev–Trinajstić information content (AvgIpc) is 3.10. The van der Waals surface area contributed by atoms with Gasteiger partial charge in [-0.1, -0.05) is 17.4 Å². The first-order valence-corrected chi connectivity index (χ1v) is 13.6. The largest absolute Gasteiger partial charge is 0.506 e. The Balaban J connectivity index is 1.97. The number of halogens is 3. The number of carbonyl (C=O) groups excluding carboxylic acids is 1. The molecule has 0 saturated carbocycles. The van der Waals surface area contributed by atoms with E-state index < -0.39 is 12.0 Å². The number of hydrogen-bond acceptors (Lipinski definition) is 7. The number of aromatic nitrogens is 1.